The summed E-state index contributed by atoms with van der Waals surface area (Å²) in [5.41, 5.74) is -0.575. The van der Waals surface area contributed by atoms with Gasteiger partial charge in [0.1, 0.15) is 0 Å². The summed E-state index contributed by atoms with van der Waals surface area (Å²) in [5, 5.41) is 9.52. The smallest absolute Gasteiger partial charge is 0.324 e. The first-order valence-electron chi connectivity index (χ1n) is 7.81. The van der Waals surface area contributed by atoms with Crippen LogP contribution in [0.15, 0.2) is 48.8 Å². The van der Waals surface area contributed by atoms with Gasteiger partial charge in [0.05, 0.1) is 11.4 Å². The molecule has 2 aromatic rings. The molecule has 0 radical (unpaired) electrons. The lowest BCUT2D eigenvalue weighted by Gasteiger charge is -2.27. The highest BCUT2D eigenvalue weighted by molar-refractivity contribution is 5.99. The van der Waals surface area contributed by atoms with Crippen LogP contribution in [0.2, 0.25) is 0 Å². The number of hydrogen-bond donors (Lipinski definition) is 1. The van der Waals surface area contributed by atoms with E-state index < -0.39 is 23.5 Å². The van der Waals surface area contributed by atoms with E-state index in [-0.39, 0.29) is 12.8 Å². The molecule has 6 nitrogen and oxygen atoms in total. The Morgan fingerprint density at radius 1 is 1.04 bits per heavy atom. The molecule has 0 saturated heterocycles. The molecule has 0 amide bonds. The predicted molar refractivity (Wildman–Crippen MR) is 87.1 cm³/mol. The average Bonchev–Trinajstić information content (AvgIpc) is 2.62. The van der Waals surface area contributed by atoms with Crippen LogP contribution >= 0.6 is 0 Å². The van der Waals surface area contributed by atoms with E-state index in [1.54, 1.807) is 62.6 Å². The van der Waals surface area contributed by atoms with Gasteiger partial charge in [-0.15, -0.1) is 0 Å². The highest BCUT2D eigenvalue weighted by Gasteiger charge is 2.45. The van der Waals surface area contributed by atoms with Gasteiger partial charge in [0.15, 0.2) is 11.5 Å². The van der Waals surface area contributed by atoms with Crippen LogP contribution in [0.4, 0.5) is 0 Å². The van der Waals surface area contributed by atoms with Gasteiger partial charge in [-0.05, 0) is 37.1 Å². The van der Waals surface area contributed by atoms with E-state index >= 15 is 0 Å². The van der Waals surface area contributed by atoms with E-state index in [9.17, 15) is 14.7 Å². The quantitative estimate of drug-likeness (QED) is 0.621. The van der Waals surface area contributed by atoms with Crippen molar-refractivity contribution in [1.82, 2.24) is 9.97 Å². The van der Waals surface area contributed by atoms with Gasteiger partial charge in [-0.25, -0.2) is 0 Å². The monoisotopic (exact) mass is 328 g/mol. The topological polar surface area (TPSA) is 89.4 Å². The van der Waals surface area contributed by atoms with Crippen molar-refractivity contribution in [2.75, 3.05) is 0 Å². The van der Waals surface area contributed by atoms with Crippen LogP contribution in [-0.2, 0) is 14.3 Å². The molecule has 0 bridgehead atoms. The first-order valence-corrected chi connectivity index (χ1v) is 7.81. The van der Waals surface area contributed by atoms with E-state index in [2.05, 4.69) is 9.97 Å². The molecule has 0 fully saturated rings. The van der Waals surface area contributed by atoms with Crippen LogP contribution < -0.4 is 0 Å². The third kappa shape index (κ3) is 3.42. The standard InChI is InChI=1S/C18H20N2O4/c1-3-18(4-2,16(21)22)17(23)24-15(13-9-5-7-11-19-13)14-10-6-8-12-20-14/h5-12,15H,3-4H2,1-2H3,(H,21,22). The second-order valence-electron chi connectivity index (χ2n) is 5.39. The Bertz CT molecular complexity index is 645. The molecule has 2 heterocycles. The fraction of sp³-hybridized carbons (Fsp3) is 0.333. The number of carbonyl (C=O) groups excluding carboxylic acids is 1. The average molecular weight is 328 g/mol. The van der Waals surface area contributed by atoms with Crippen molar-refractivity contribution < 1.29 is 19.4 Å². The summed E-state index contributed by atoms with van der Waals surface area (Å²) in [6, 6.07) is 10.5. The molecule has 6 heteroatoms. The largest absolute Gasteiger partial charge is 0.480 e. The van der Waals surface area contributed by atoms with Gasteiger partial charge in [-0.3, -0.25) is 19.6 Å². The lowest BCUT2D eigenvalue weighted by atomic mass is 9.82. The Hall–Kier alpha value is -2.76. The van der Waals surface area contributed by atoms with Gasteiger partial charge in [0, 0.05) is 12.4 Å². The molecule has 0 atom stereocenters. The minimum Gasteiger partial charge on any atom is -0.480 e. The first kappa shape index (κ1) is 17.6. The molecule has 0 aliphatic carbocycles. The summed E-state index contributed by atoms with van der Waals surface area (Å²) in [7, 11) is 0. The lowest BCUT2D eigenvalue weighted by Crippen LogP contribution is -2.40. The number of aliphatic carboxylic acids is 1. The molecule has 126 valence electrons. The van der Waals surface area contributed by atoms with Crippen LogP contribution in [0.5, 0.6) is 0 Å². The van der Waals surface area contributed by atoms with Gasteiger partial charge in [-0.2, -0.15) is 0 Å². The Labute approximate surface area is 140 Å². The molecular formula is C18H20N2O4. The number of carbonyl (C=O) groups is 2. The normalized spacial score (nSPS) is 11.3. The fourth-order valence-electron chi connectivity index (χ4n) is 2.48. The van der Waals surface area contributed by atoms with Crippen molar-refractivity contribution in [3.63, 3.8) is 0 Å². The van der Waals surface area contributed by atoms with Crippen molar-refractivity contribution >= 4 is 11.9 Å². The Morgan fingerprint density at radius 3 is 1.88 bits per heavy atom. The van der Waals surface area contributed by atoms with E-state index in [0.717, 1.165) is 0 Å². The summed E-state index contributed by atoms with van der Waals surface area (Å²) >= 11 is 0. The van der Waals surface area contributed by atoms with Gasteiger partial charge in [0.25, 0.3) is 0 Å². The van der Waals surface area contributed by atoms with Crippen LogP contribution in [0, 0.1) is 5.41 Å². The number of nitrogens with zero attached hydrogens (tertiary/aromatic N) is 2. The van der Waals surface area contributed by atoms with Crippen LogP contribution in [0.3, 0.4) is 0 Å². The third-order valence-electron chi connectivity index (χ3n) is 4.14. The van der Waals surface area contributed by atoms with Crippen LogP contribution in [0.1, 0.15) is 44.2 Å². The van der Waals surface area contributed by atoms with Crippen molar-refractivity contribution in [3.05, 3.63) is 60.2 Å². The van der Waals surface area contributed by atoms with Crippen LogP contribution in [-0.4, -0.2) is 27.0 Å². The zero-order valence-corrected chi connectivity index (χ0v) is 13.7. The molecular weight excluding hydrogens is 308 g/mol. The van der Waals surface area contributed by atoms with Crippen molar-refractivity contribution in [3.8, 4) is 0 Å². The molecule has 1 N–H and O–H groups in total. The number of carboxylic acids is 1. The molecule has 0 saturated carbocycles. The Balaban J connectivity index is 2.39. The van der Waals surface area contributed by atoms with Crippen molar-refractivity contribution in [2.45, 2.75) is 32.8 Å². The Kier molecular flexibility index (Phi) is 5.63. The number of rotatable bonds is 7. The molecule has 0 aliphatic heterocycles. The molecule has 0 aliphatic rings. The molecule has 2 rings (SSSR count). The van der Waals surface area contributed by atoms with Crippen molar-refractivity contribution in [2.24, 2.45) is 5.41 Å². The van der Waals surface area contributed by atoms with Gasteiger partial charge in [-0.1, -0.05) is 26.0 Å². The summed E-state index contributed by atoms with van der Waals surface area (Å²) in [4.78, 5) is 32.8. The number of aromatic nitrogens is 2. The highest BCUT2D eigenvalue weighted by atomic mass is 16.5. The minimum atomic E-state index is -1.57. The lowest BCUT2D eigenvalue weighted by molar-refractivity contribution is -0.172. The maximum absolute atomic E-state index is 12.7. The van der Waals surface area contributed by atoms with E-state index in [1.165, 1.54) is 0 Å². The third-order valence-corrected chi connectivity index (χ3v) is 4.14. The summed E-state index contributed by atoms with van der Waals surface area (Å²) in [6.07, 6.45) is 2.62. The fourth-order valence-corrected chi connectivity index (χ4v) is 2.48. The van der Waals surface area contributed by atoms with Gasteiger partial charge >= 0.3 is 11.9 Å². The highest BCUT2D eigenvalue weighted by Crippen LogP contribution is 2.32. The molecule has 0 unspecified atom stereocenters. The second-order valence-corrected chi connectivity index (χ2v) is 5.39. The number of esters is 1. The summed E-state index contributed by atoms with van der Waals surface area (Å²) < 4.78 is 5.59. The SMILES string of the molecule is CCC(CC)(C(=O)O)C(=O)OC(c1ccccn1)c1ccccn1. The predicted octanol–water partition coefficient (Wildman–Crippen LogP) is 3.00. The molecule has 0 aromatic carbocycles. The maximum atomic E-state index is 12.7. The molecule has 24 heavy (non-hydrogen) atoms. The zero-order chi connectivity index (χ0) is 17.6. The first-order chi connectivity index (χ1) is 11.5. The minimum absolute atomic E-state index is 0.148. The Morgan fingerprint density at radius 2 is 1.54 bits per heavy atom. The molecule has 0 spiro atoms. The van der Waals surface area contributed by atoms with Gasteiger partial charge in [0.2, 0.25) is 0 Å². The van der Waals surface area contributed by atoms with Crippen LogP contribution in [0.25, 0.3) is 0 Å². The number of hydrogen-bond acceptors (Lipinski definition) is 5. The van der Waals surface area contributed by atoms with E-state index in [1.807, 2.05) is 0 Å². The van der Waals surface area contributed by atoms with E-state index in [0.29, 0.717) is 11.4 Å². The van der Waals surface area contributed by atoms with Crippen molar-refractivity contribution in [1.29, 1.82) is 0 Å². The van der Waals surface area contributed by atoms with E-state index in [4.69, 9.17) is 4.74 Å². The number of pyridine rings is 2. The number of carboxylic acid groups (broad SMARTS) is 1. The zero-order valence-electron chi connectivity index (χ0n) is 13.7. The second kappa shape index (κ2) is 7.68. The summed E-state index contributed by atoms with van der Waals surface area (Å²) in [5.74, 6) is -1.96. The number of ether oxygens (including phenoxy) is 1. The summed E-state index contributed by atoms with van der Waals surface area (Å²) in [6.45, 7) is 3.32. The maximum Gasteiger partial charge on any atom is 0.324 e. The molecule has 2 aromatic heterocycles. The van der Waals surface area contributed by atoms with Gasteiger partial charge < -0.3 is 9.84 Å².